The topological polar surface area (TPSA) is 113 Å². The van der Waals surface area contributed by atoms with Gasteiger partial charge in [-0.3, -0.25) is 4.79 Å². The number of hydrogen-bond donors (Lipinski definition) is 3. The van der Waals surface area contributed by atoms with Crippen LogP contribution in [0.25, 0.3) is 0 Å². The van der Waals surface area contributed by atoms with Crippen molar-refractivity contribution in [1.82, 2.24) is 0 Å². The summed E-state index contributed by atoms with van der Waals surface area (Å²) < 4.78 is 9.44. The number of cyclic esters (lactones) is 1. The molecule has 0 amide bonds. The molecule has 0 aromatic rings. The first-order valence-electron chi connectivity index (χ1n) is 6.02. The quantitative estimate of drug-likeness (QED) is 0.563. The van der Waals surface area contributed by atoms with E-state index in [1.54, 1.807) is 0 Å². The highest BCUT2D eigenvalue weighted by Crippen LogP contribution is 2.21. The molecular weight excluding hydrogens is 256 g/mol. The molecule has 0 aromatic heterocycles. The Morgan fingerprint density at radius 1 is 1.42 bits per heavy atom. The van der Waals surface area contributed by atoms with Gasteiger partial charge in [-0.15, -0.1) is 0 Å². The lowest BCUT2D eigenvalue weighted by Crippen LogP contribution is -2.41. The molecule has 7 heteroatoms. The fourth-order valence-corrected chi connectivity index (χ4v) is 1.66. The molecule has 1 aliphatic heterocycles. The minimum Gasteiger partial charge on any atom is -0.463 e. The van der Waals surface area contributed by atoms with Gasteiger partial charge in [-0.2, -0.15) is 0 Å². The Morgan fingerprint density at radius 2 is 2.00 bits per heavy atom. The first-order chi connectivity index (χ1) is 8.61. The van der Waals surface area contributed by atoms with Crippen LogP contribution in [-0.4, -0.2) is 58.3 Å². The molecule has 4 atom stereocenters. The maximum atomic E-state index is 11.4. The molecule has 3 N–H and O–H groups in total. The summed E-state index contributed by atoms with van der Waals surface area (Å²) in [6, 6.07) is 0. The highest BCUT2D eigenvalue weighted by Gasteiger charge is 2.46. The summed E-state index contributed by atoms with van der Waals surface area (Å²) in [5.74, 6) is -1.50. The van der Waals surface area contributed by atoms with Crippen LogP contribution in [0.5, 0.6) is 0 Å². The maximum absolute atomic E-state index is 11.4. The van der Waals surface area contributed by atoms with Crippen molar-refractivity contribution in [2.45, 2.75) is 51.6 Å². The fourth-order valence-electron chi connectivity index (χ4n) is 1.66. The third-order valence-electron chi connectivity index (χ3n) is 2.62. The second-order valence-corrected chi connectivity index (χ2v) is 5.82. The van der Waals surface area contributed by atoms with Gasteiger partial charge in [0.15, 0.2) is 12.2 Å². The largest absolute Gasteiger partial charge is 0.463 e. The van der Waals surface area contributed by atoms with Crippen molar-refractivity contribution in [3.8, 4) is 0 Å². The molecule has 110 valence electrons. The van der Waals surface area contributed by atoms with Gasteiger partial charge >= 0.3 is 11.9 Å². The fraction of sp³-hybridized carbons (Fsp3) is 0.833. The van der Waals surface area contributed by atoms with Gasteiger partial charge in [-0.25, -0.2) is 4.79 Å². The Kier molecular flexibility index (Phi) is 4.89. The van der Waals surface area contributed by atoms with Gasteiger partial charge in [-0.1, -0.05) is 20.8 Å². The molecule has 0 bridgehead atoms. The molecule has 1 fully saturated rings. The van der Waals surface area contributed by atoms with E-state index < -0.39 is 43.0 Å². The van der Waals surface area contributed by atoms with Crippen molar-refractivity contribution in [2.24, 2.45) is 5.41 Å². The van der Waals surface area contributed by atoms with E-state index in [2.05, 4.69) is 4.74 Å². The number of hydrogen-bond acceptors (Lipinski definition) is 7. The van der Waals surface area contributed by atoms with Gasteiger partial charge in [0.1, 0.15) is 18.8 Å². The van der Waals surface area contributed by atoms with Crippen LogP contribution in [0.1, 0.15) is 27.2 Å². The average Bonchev–Trinajstić information content (AvgIpc) is 2.51. The van der Waals surface area contributed by atoms with Crippen molar-refractivity contribution in [3.05, 3.63) is 0 Å². The Balaban J connectivity index is 2.42. The molecule has 0 saturated carbocycles. The first kappa shape index (κ1) is 15.9. The van der Waals surface area contributed by atoms with E-state index in [1.165, 1.54) is 0 Å². The molecule has 1 heterocycles. The van der Waals surface area contributed by atoms with Crippen LogP contribution >= 0.6 is 0 Å². The summed E-state index contributed by atoms with van der Waals surface area (Å²) in [5.41, 5.74) is -0.239. The third-order valence-corrected chi connectivity index (χ3v) is 2.62. The van der Waals surface area contributed by atoms with Crippen LogP contribution in [-0.2, 0) is 19.1 Å². The molecule has 1 rings (SSSR count). The van der Waals surface area contributed by atoms with Gasteiger partial charge in [0.2, 0.25) is 0 Å². The van der Waals surface area contributed by atoms with Gasteiger partial charge in [-0.05, 0) is 5.41 Å². The lowest BCUT2D eigenvalue weighted by atomic mass is 9.92. The van der Waals surface area contributed by atoms with Gasteiger partial charge in [0.25, 0.3) is 0 Å². The molecule has 7 nitrogen and oxygen atoms in total. The molecule has 0 aliphatic carbocycles. The Labute approximate surface area is 111 Å². The Bertz CT molecular complexity index is 346. The van der Waals surface area contributed by atoms with Crippen LogP contribution in [0, 0.1) is 5.41 Å². The van der Waals surface area contributed by atoms with E-state index in [1.807, 2.05) is 20.8 Å². The molecule has 0 radical (unpaired) electrons. The zero-order valence-corrected chi connectivity index (χ0v) is 11.2. The van der Waals surface area contributed by atoms with E-state index in [-0.39, 0.29) is 11.8 Å². The second-order valence-electron chi connectivity index (χ2n) is 5.82. The SMILES string of the molecule is CC(C)(C)CC(=O)OCC(O)C1OC(=O)C(O)C1O. The molecule has 4 unspecified atom stereocenters. The Hall–Kier alpha value is -1.18. The zero-order chi connectivity index (χ0) is 14.8. The predicted octanol–water partition coefficient (Wildman–Crippen LogP) is -1.03. The molecule has 0 spiro atoms. The van der Waals surface area contributed by atoms with Crippen molar-refractivity contribution in [3.63, 3.8) is 0 Å². The number of aliphatic hydroxyl groups excluding tert-OH is 3. The molecule has 19 heavy (non-hydrogen) atoms. The minimum absolute atomic E-state index is 0.176. The summed E-state index contributed by atoms with van der Waals surface area (Å²) in [6.07, 6.45) is -5.69. The van der Waals surface area contributed by atoms with E-state index >= 15 is 0 Å². The summed E-state index contributed by atoms with van der Waals surface area (Å²) in [4.78, 5) is 22.4. The van der Waals surface area contributed by atoms with Crippen LogP contribution in [0.15, 0.2) is 0 Å². The van der Waals surface area contributed by atoms with Crippen molar-refractivity contribution in [2.75, 3.05) is 6.61 Å². The van der Waals surface area contributed by atoms with Crippen molar-refractivity contribution < 1.29 is 34.4 Å². The summed E-state index contributed by atoms with van der Waals surface area (Å²) in [7, 11) is 0. The van der Waals surface area contributed by atoms with Crippen LogP contribution in [0.3, 0.4) is 0 Å². The average molecular weight is 276 g/mol. The highest BCUT2D eigenvalue weighted by atomic mass is 16.6. The summed E-state index contributed by atoms with van der Waals surface area (Å²) in [5, 5.41) is 28.3. The van der Waals surface area contributed by atoms with Gasteiger partial charge in [0.05, 0.1) is 6.42 Å². The number of esters is 2. The number of carbonyl (C=O) groups is 2. The van der Waals surface area contributed by atoms with E-state index in [9.17, 15) is 24.9 Å². The Morgan fingerprint density at radius 3 is 2.42 bits per heavy atom. The zero-order valence-electron chi connectivity index (χ0n) is 11.2. The van der Waals surface area contributed by atoms with Gasteiger partial charge < -0.3 is 24.8 Å². The van der Waals surface area contributed by atoms with E-state index in [4.69, 9.17) is 4.74 Å². The van der Waals surface area contributed by atoms with Crippen molar-refractivity contribution >= 4 is 11.9 Å². The first-order valence-corrected chi connectivity index (χ1v) is 6.02. The van der Waals surface area contributed by atoms with Crippen LogP contribution in [0.4, 0.5) is 0 Å². The molecule has 1 saturated heterocycles. The molecule has 0 aromatic carbocycles. The van der Waals surface area contributed by atoms with E-state index in [0.717, 1.165) is 0 Å². The standard InChI is InChI=1S/C12H20O7/c1-12(2,3)4-7(14)18-5-6(13)10-8(15)9(16)11(17)19-10/h6,8-10,13,15-16H,4-5H2,1-3H3. The van der Waals surface area contributed by atoms with Crippen LogP contribution < -0.4 is 0 Å². The second kappa shape index (κ2) is 5.85. The smallest absolute Gasteiger partial charge is 0.338 e. The normalized spacial score (nSPS) is 28.9. The number of ether oxygens (including phenoxy) is 2. The number of aliphatic hydroxyl groups is 3. The predicted molar refractivity (Wildman–Crippen MR) is 62.9 cm³/mol. The maximum Gasteiger partial charge on any atom is 0.338 e. The number of rotatable bonds is 4. The number of carbonyl (C=O) groups excluding carboxylic acids is 2. The summed E-state index contributed by atoms with van der Waals surface area (Å²) in [6.45, 7) is 5.19. The lowest BCUT2D eigenvalue weighted by Gasteiger charge is -2.21. The van der Waals surface area contributed by atoms with Gasteiger partial charge in [0, 0.05) is 0 Å². The van der Waals surface area contributed by atoms with E-state index in [0.29, 0.717) is 0 Å². The summed E-state index contributed by atoms with van der Waals surface area (Å²) >= 11 is 0. The monoisotopic (exact) mass is 276 g/mol. The van der Waals surface area contributed by atoms with Crippen LogP contribution in [0.2, 0.25) is 0 Å². The van der Waals surface area contributed by atoms with Crippen molar-refractivity contribution in [1.29, 1.82) is 0 Å². The lowest BCUT2D eigenvalue weighted by molar-refractivity contribution is -0.157. The highest BCUT2D eigenvalue weighted by molar-refractivity contribution is 5.77. The molecular formula is C12H20O7. The third kappa shape index (κ3) is 4.45. The molecule has 1 aliphatic rings. The minimum atomic E-state index is -1.68.